The van der Waals surface area contributed by atoms with Crippen LogP contribution in [-0.4, -0.2) is 24.3 Å². The Hall–Kier alpha value is -3.19. The number of carbonyl (C=O) groups excluding carboxylic acids is 1. The number of carbonyl (C=O) groups is 1. The molecule has 31 heavy (non-hydrogen) atoms. The van der Waals surface area contributed by atoms with Gasteiger partial charge >= 0.3 is 11.6 Å². The average molecular weight is 441 g/mol. The van der Waals surface area contributed by atoms with Crippen molar-refractivity contribution in [3.63, 3.8) is 0 Å². The van der Waals surface area contributed by atoms with E-state index in [-0.39, 0.29) is 28.9 Å². The van der Waals surface area contributed by atoms with Crippen LogP contribution >= 0.6 is 11.8 Å². The summed E-state index contributed by atoms with van der Waals surface area (Å²) in [5, 5.41) is 10.5. The molecule has 0 aliphatic rings. The summed E-state index contributed by atoms with van der Waals surface area (Å²) in [4.78, 5) is 25.0. The Labute approximate surface area is 184 Å². The van der Waals surface area contributed by atoms with Gasteiger partial charge in [-0.2, -0.15) is 0 Å². The van der Waals surface area contributed by atoms with Crippen molar-refractivity contribution in [2.24, 2.45) is 0 Å². The third-order valence-electron chi connectivity index (χ3n) is 4.44. The summed E-state index contributed by atoms with van der Waals surface area (Å²) in [7, 11) is 0. The summed E-state index contributed by atoms with van der Waals surface area (Å²) in [6.45, 7) is 5.98. The van der Waals surface area contributed by atoms with Crippen LogP contribution < -0.4 is 10.4 Å². The Bertz CT molecular complexity index is 1100. The Morgan fingerprint density at radius 2 is 1.84 bits per heavy atom. The molecule has 0 aliphatic carbocycles. The van der Waals surface area contributed by atoms with Gasteiger partial charge in [-0.1, -0.05) is 43.8 Å². The molecule has 3 aromatic rings. The normalized spacial score (nSPS) is 10.8. The van der Waals surface area contributed by atoms with Gasteiger partial charge in [0.05, 0.1) is 6.61 Å². The van der Waals surface area contributed by atoms with E-state index < -0.39 is 11.6 Å². The fourth-order valence-electron chi connectivity index (χ4n) is 2.93. The van der Waals surface area contributed by atoms with Crippen LogP contribution in [0.3, 0.4) is 0 Å². The molecular weight excluding hydrogens is 416 g/mol. The molecule has 0 fully saturated rings. The summed E-state index contributed by atoms with van der Waals surface area (Å²) in [5.41, 5.74) is 1.07. The Morgan fingerprint density at radius 3 is 2.48 bits per heavy atom. The molecular formula is C24H24O6S. The second-order valence-corrected chi connectivity index (χ2v) is 8.08. The molecule has 0 aliphatic heterocycles. The molecule has 2 aromatic carbocycles. The van der Waals surface area contributed by atoms with Crippen LogP contribution in [0.2, 0.25) is 0 Å². The molecule has 0 atom stereocenters. The molecule has 0 unspecified atom stereocenters. The first kappa shape index (κ1) is 22.5. The highest BCUT2D eigenvalue weighted by atomic mass is 32.2. The predicted molar refractivity (Wildman–Crippen MR) is 119 cm³/mol. The molecule has 0 saturated heterocycles. The van der Waals surface area contributed by atoms with Gasteiger partial charge in [0.2, 0.25) is 0 Å². The minimum absolute atomic E-state index is 0.141. The smallest absolute Gasteiger partial charge is 0.354 e. The van der Waals surface area contributed by atoms with E-state index in [1.807, 2.05) is 24.3 Å². The van der Waals surface area contributed by atoms with Crippen molar-refractivity contribution in [3.05, 3.63) is 70.6 Å². The molecule has 0 bridgehead atoms. The van der Waals surface area contributed by atoms with E-state index in [2.05, 4.69) is 13.8 Å². The molecule has 0 spiro atoms. The lowest BCUT2D eigenvalue weighted by Crippen LogP contribution is -2.14. The average Bonchev–Trinajstić information content (AvgIpc) is 2.75. The molecule has 3 rings (SSSR count). The zero-order valence-corrected chi connectivity index (χ0v) is 18.4. The summed E-state index contributed by atoms with van der Waals surface area (Å²) < 4.78 is 15.6. The topological polar surface area (TPSA) is 86.0 Å². The number of ether oxygens (including phenoxy) is 2. The van der Waals surface area contributed by atoms with Crippen molar-refractivity contribution in [2.75, 3.05) is 13.2 Å². The van der Waals surface area contributed by atoms with E-state index in [1.54, 1.807) is 31.2 Å². The van der Waals surface area contributed by atoms with Crippen molar-refractivity contribution in [1.82, 2.24) is 0 Å². The lowest BCUT2D eigenvalue weighted by molar-refractivity contribution is -0.145. The molecule has 1 heterocycles. The Morgan fingerprint density at radius 1 is 1.13 bits per heavy atom. The maximum atomic E-state index is 12.6. The van der Waals surface area contributed by atoms with Gasteiger partial charge in [-0.25, -0.2) is 9.59 Å². The van der Waals surface area contributed by atoms with Crippen LogP contribution in [0.1, 0.15) is 32.3 Å². The van der Waals surface area contributed by atoms with E-state index in [0.717, 1.165) is 10.5 Å². The SMILES string of the molecule is CCOC(=O)COc1ccc(-c2cc(O)c(Sc3ccccc3C(C)C)c(=O)o2)cc1. The second-order valence-electron chi connectivity index (χ2n) is 7.03. The molecule has 162 valence electrons. The Balaban J connectivity index is 1.79. The molecule has 7 heteroatoms. The van der Waals surface area contributed by atoms with Gasteiger partial charge < -0.3 is 19.0 Å². The lowest BCUT2D eigenvalue weighted by atomic mass is 10.0. The van der Waals surface area contributed by atoms with Crippen molar-refractivity contribution >= 4 is 17.7 Å². The van der Waals surface area contributed by atoms with Crippen molar-refractivity contribution in [3.8, 4) is 22.8 Å². The van der Waals surface area contributed by atoms with Gasteiger partial charge in [0.1, 0.15) is 22.2 Å². The van der Waals surface area contributed by atoms with Crippen molar-refractivity contribution in [1.29, 1.82) is 0 Å². The van der Waals surface area contributed by atoms with Crippen molar-refractivity contribution < 1.29 is 23.8 Å². The summed E-state index contributed by atoms with van der Waals surface area (Å²) in [5.74, 6) is 0.399. The van der Waals surface area contributed by atoms with E-state index in [0.29, 0.717) is 17.9 Å². The number of hydrogen-bond acceptors (Lipinski definition) is 7. The fourth-order valence-corrected chi connectivity index (χ4v) is 4.00. The molecule has 1 N–H and O–H groups in total. The largest absolute Gasteiger partial charge is 0.506 e. The highest BCUT2D eigenvalue weighted by molar-refractivity contribution is 7.99. The quantitative estimate of drug-likeness (QED) is 0.480. The third-order valence-corrected chi connectivity index (χ3v) is 5.61. The van der Waals surface area contributed by atoms with E-state index >= 15 is 0 Å². The predicted octanol–water partition coefficient (Wildman–Crippen LogP) is 5.23. The molecule has 0 radical (unpaired) electrons. The van der Waals surface area contributed by atoms with Gasteiger partial charge in [0, 0.05) is 16.5 Å². The van der Waals surface area contributed by atoms with Gasteiger partial charge in [0.15, 0.2) is 6.61 Å². The van der Waals surface area contributed by atoms with Crippen LogP contribution in [0.4, 0.5) is 0 Å². The van der Waals surface area contributed by atoms with Gasteiger partial charge in [-0.15, -0.1) is 0 Å². The number of esters is 1. The number of hydrogen-bond donors (Lipinski definition) is 1. The zero-order chi connectivity index (χ0) is 22.4. The molecule has 0 saturated carbocycles. The van der Waals surface area contributed by atoms with Crippen molar-refractivity contribution in [2.45, 2.75) is 36.5 Å². The van der Waals surface area contributed by atoms with Crippen LogP contribution in [-0.2, 0) is 9.53 Å². The van der Waals surface area contributed by atoms with E-state index in [9.17, 15) is 14.7 Å². The van der Waals surface area contributed by atoms with Gasteiger partial charge in [-0.05, 0) is 48.7 Å². The molecule has 0 amide bonds. The number of benzene rings is 2. The van der Waals surface area contributed by atoms with E-state index in [4.69, 9.17) is 13.9 Å². The van der Waals surface area contributed by atoms with Crippen LogP contribution in [0.25, 0.3) is 11.3 Å². The fraction of sp³-hybridized carbons (Fsp3) is 0.250. The maximum absolute atomic E-state index is 12.6. The highest BCUT2D eigenvalue weighted by Crippen LogP contribution is 2.37. The second kappa shape index (κ2) is 10.2. The summed E-state index contributed by atoms with van der Waals surface area (Å²) in [6, 6.07) is 15.8. The molecule has 1 aromatic heterocycles. The first-order chi connectivity index (χ1) is 14.9. The van der Waals surface area contributed by atoms with Crippen LogP contribution in [0.15, 0.2) is 73.6 Å². The minimum Gasteiger partial charge on any atom is -0.506 e. The minimum atomic E-state index is -0.610. The monoisotopic (exact) mass is 440 g/mol. The standard InChI is InChI=1S/C24H24O6S/c1-4-28-22(26)14-29-17-11-9-16(10-12-17)20-13-19(25)23(24(27)30-20)31-21-8-6-5-7-18(21)15(2)3/h5-13,15,25H,4,14H2,1-3H3. The first-order valence-corrected chi connectivity index (χ1v) is 10.7. The van der Waals surface area contributed by atoms with E-state index in [1.165, 1.54) is 17.8 Å². The third kappa shape index (κ3) is 5.70. The summed E-state index contributed by atoms with van der Waals surface area (Å²) in [6.07, 6.45) is 0. The van der Waals surface area contributed by atoms with Crippen LogP contribution in [0, 0.1) is 0 Å². The number of rotatable bonds is 8. The summed E-state index contributed by atoms with van der Waals surface area (Å²) >= 11 is 1.20. The first-order valence-electron chi connectivity index (χ1n) is 9.91. The molecule has 6 nitrogen and oxygen atoms in total. The number of aromatic hydroxyl groups is 1. The maximum Gasteiger partial charge on any atom is 0.354 e. The van der Waals surface area contributed by atoms with Gasteiger partial charge in [0.25, 0.3) is 0 Å². The zero-order valence-electron chi connectivity index (χ0n) is 17.6. The lowest BCUT2D eigenvalue weighted by Gasteiger charge is -2.12. The van der Waals surface area contributed by atoms with Gasteiger partial charge in [-0.3, -0.25) is 0 Å². The highest BCUT2D eigenvalue weighted by Gasteiger charge is 2.16. The Kier molecular flexibility index (Phi) is 7.41. The van der Waals surface area contributed by atoms with Crippen LogP contribution in [0.5, 0.6) is 11.5 Å².